The van der Waals surface area contributed by atoms with Crippen LogP contribution in [0.5, 0.6) is 11.5 Å². The maximum Gasteiger partial charge on any atom is 0.263 e. The van der Waals surface area contributed by atoms with Crippen LogP contribution in [-0.4, -0.2) is 41.7 Å². The van der Waals surface area contributed by atoms with Crippen LogP contribution < -0.4 is 9.46 Å². The smallest absolute Gasteiger partial charge is 0.263 e. The predicted molar refractivity (Wildman–Crippen MR) is 192 cm³/mol. The number of nitrogens with one attached hydrogen (secondary N) is 1. The molecule has 6 rings (SSSR count). The highest BCUT2D eigenvalue weighted by molar-refractivity contribution is 7.93. The molecule has 250 valence electrons. The van der Waals surface area contributed by atoms with Crippen LogP contribution in [0, 0.1) is 17.2 Å². The molecule has 0 radical (unpaired) electrons. The fourth-order valence-electron chi connectivity index (χ4n) is 6.21. The lowest BCUT2D eigenvalue weighted by molar-refractivity contribution is -0.130. The number of hydrogen-bond donors (Lipinski definition) is 1. The van der Waals surface area contributed by atoms with E-state index in [1.54, 1.807) is 6.92 Å². The molecule has 1 N–H and O–H groups in total. The van der Waals surface area contributed by atoms with Crippen molar-refractivity contribution in [3.8, 4) is 39.8 Å². The molecule has 0 spiro atoms. The second kappa shape index (κ2) is 15.4. The number of hydrogen-bond acceptors (Lipinski definition) is 8. The molecule has 0 aliphatic carbocycles. The first-order valence-corrected chi connectivity index (χ1v) is 18.6. The Morgan fingerprint density at radius 3 is 2.45 bits per heavy atom. The highest BCUT2D eigenvalue weighted by Gasteiger charge is 2.21. The number of aromatic nitrogens is 2. The Bertz CT molecular complexity index is 2050. The Hall–Kier alpha value is -5.05. The van der Waals surface area contributed by atoms with Gasteiger partial charge in [-0.1, -0.05) is 73.5 Å². The number of anilines is 1. The van der Waals surface area contributed by atoms with Crippen molar-refractivity contribution < 1.29 is 17.9 Å². The third-order valence-electron chi connectivity index (χ3n) is 8.90. The van der Waals surface area contributed by atoms with Crippen molar-refractivity contribution >= 4 is 32.6 Å². The first kappa shape index (κ1) is 33.8. The monoisotopic (exact) mass is 691 g/mol. The van der Waals surface area contributed by atoms with Gasteiger partial charge >= 0.3 is 0 Å². The first-order valence-electron chi connectivity index (χ1n) is 16.3. The molecular formula is C38H37N5O4S2. The molecular weight excluding hydrogens is 655 g/mol. The van der Waals surface area contributed by atoms with Crippen molar-refractivity contribution in [1.29, 1.82) is 5.26 Å². The summed E-state index contributed by atoms with van der Waals surface area (Å²) in [6, 6.07) is 30.8. The molecule has 0 atom stereocenters. The largest absolute Gasteiger partial charge is 0.455 e. The summed E-state index contributed by atoms with van der Waals surface area (Å²) in [7, 11) is -3.98. The van der Waals surface area contributed by atoms with Crippen molar-refractivity contribution in [2.24, 2.45) is 5.92 Å². The Morgan fingerprint density at radius 1 is 0.939 bits per heavy atom. The van der Waals surface area contributed by atoms with E-state index in [1.807, 2.05) is 35.2 Å². The number of ether oxygens (including phenoxy) is 1. The average molecular weight is 692 g/mol. The van der Waals surface area contributed by atoms with Crippen LogP contribution in [0.4, 0.5) is 5.13 Å². The molecule has 0 bridgehead atoms. The van der Waals surface area contributed by atoms with E-state index in [0.29, 0.717) is 11.7 Å². The summed E-state index contributed by atoms with van der Waals surface area (Å²) in [6.07, 6.45) is 7.80. The Labute approximate surface area is 291 Å². The van der Waals surface area contributed by atoms with Gasteiger partial charge in [0.25, 0.3) is 10.0 Å². The topological polar surface area (TPSA) is 125 Å². The van der Waals surface area contributed by atoms with Crippen molar-refractivity contribution in [2.45, 2.75) is 50.3 Å². The molecule has 9 nitrogen and oxygen atoms in total. The number of carbonyl (C=O) groups excluding carboxylic acids is 1. The molecule has 5 aromatic rings. The molecule has 1 saturated heterocycles. The third-order valence-corrected chi connectivity index (χ3v) is 10.9. The van der Waals surface area contributed by atoms with Crippen molar-refractivity contribution in [3.05, 3.63) is 108 Å². The second-order valence-corrected chi connectivity index (χ2v) is 14.7. The lowest BCUT2D eigenvalue weighted by atomic mass is 9.90. The van der Waals surface area contributed by atoms with Gasteiger partial charge in [0.15, 0.2) is 0 Å². The van der Waals surface area contributed by atoms with Gasteiger partial charge in [0.05, 0.1) is 10.5 Å². The fourth-order valence-corrected chi connectivity index (χ4v) is 7.90. The summed E-state index contributed by atoms with van der Waals surface area (Å²) in [5, 5.41) is 10.1. The Kier molecular flexibility index (Phi) is 10.7. The number of rotatable bonds is 12. The van der Waals surface area contributed by atoms with Crippen LogP contribution in [0.3, 0.4) is 0 Å². The van der Waals surface area contributed by atoms with Gasteiger partial charge in [0.1, 0.15) is 23.9 Å². The van der Waals surface area contributed by atoms with Gasteiger partial charge in [-0.05, 0) is 84.2 Å². The van der Waals surface area contributed by atoms with Crippen LogP contribution in [0.25, 0.3) is 22.3 Å². The van der Waals surface area contributed by atoms with Crippen LogP contribution in [0.1, 0.15) is 50.2 Å². The van der Waals surface area contributed by atoms with Gasteiger partial charge in [0.2, 0.25) is 11.0 Å². The maximum absolute atomic E-state index is 13.0. The minimum absolute atomic E-state index is 0.0824. The predicted octanol–water partition coefficient (Wildman–Crippen LogP) is 8.31. The number of benzene rings is 4. The lowest BCUT2D eigenvalue weighted by Gasteiger charge is -2.31. The summed E-state index contributed by atoms with van der Waals surface area (Å²) in [4.78, 5) is 17.4. The minimum Gasteiger partial charge on any atom is -0.455 e. The molecule has 49 heavy (non-hydrogen) atoms. The molecule has 1 aromatic heterocycles. The molecule has 1 aliphatic rings. The van der Waals surface area contributed by atoms with Gasteiger partial charge in [-0.3, -0.25) is 9.52 Å². The zero-order chi connectivity index (χ0) is 34.2. The molecule has 2 heterocycles. The van der Waals surface area contributed by atoms with E-state index in [9.17, 15) is 18.5 Å². The second-order valence-electron chi connectivity index (χ2n) is 12.2. The SMILES string of the molecule is CC(=O)N1CCC(CCCCc2cccc(-c3cc(-c4ccccc4)ccc3Oc3ccc(S(=O)(=O)Nc4ncns4)cc3C#N)c2)CC1. The normalized spacial score (nSPS) is 13.5. The minimum atomic E-state index is -3.98. The van der Waals surface area contributed by atoms with Gasteiger partial charge in [-0.2, -0.15) is 9.64 Å². The number of aryl methyl sites for hydroxylation is 1. The zero-order valence-corrected chi connectivity index (χ0v) is 28.8. The van der Waals surface area contributed by atoms with E-state index in [4.69, 9.17) is 4.74 Å². The van der Waals surface area contributed by atoms with E-state index in [0.717, 1.165) is 79.0 Å². The van der Waals surface area contributed by atoms with E-state index >= 15 is 0 Å². The fraction of sp³-hybridized carbons (Fsp3) is 0.263. The number of piperidine rings is 1. The van der Waals surface area contributed by atoms with Gasteiger partial charge in [-0.15, -0.1) is 0 Å². The molecule has 0 unspecified atom stereocenters. The van der Waals surface area contributed by atoms with Crippen molar-refractivity contribution in [2.75, 3.05) is 17.8 Å². The number of unbranched alkanes of at least 4 members (excludes halogenated alkanes) is 1. The van der Waals surface area contributed by atoms with E-state index in [1.165, 1.54) is 36.5 Å². The highest BCUT2D eigenvalue weighted by Crippen LogP contribution is 2.39. The van der Waals surface area contributed by atoms with Gasteiger partial charge in [-0.25, -0.2) is 13.4 Å². The number of nitriles is 1. The van der Waals surface area contributed by atoms with Crippen LogP contribution in [0.2, 0.25) is 0 Å². The van der Waals surface area contributed by atoms with E-state index in [2.05, 4.69) is 62.6 Å². The van der Waals surface area contributed by atoms with Crippen LogP contribution >= 0.6 is 11.5 Å². The highest BCUT2D eigenvalue weighted by atomic mass is 32.2. The number of sulfonamides is 1. The van der Waals surface area contributed by atoms with Crippen LogP contribution in [0.15, 0.2) is 102 Å². The molecule has 4 aromatic carbocycles. The van der Waals surface area contributed by atoms with Gasteiger partial charge in [0, 0.05) is 37.1 Å². The molecule has 1 aliphatic heterocycles. The number of carbonyl (C=O) groups is 1. The van der Waals surface area contributed by atoms with Crippen LogP contribution in [-0.2, 0) is 21.2 Å². The maximum atomic E-state index is 13.0. The Morgan fingerprint density at radius 2 is 1.71 bits per heavy atom. The third kappa shape index (κ3) is 8.52. The number of amides is 1. The number of likely N-dealkylation sites (tertiary alicyclic amines) is 1. The molecule has 1 fully saturated rings. The summed E-state index contributed by atoms with van der Waals surface area (Å²) < 4.78 is 38.5. The first-order chi connectivity index (χ1) is 23.8. The summed E-state index contributed by atoms with van der Waals surface area (Å²) >= 11 is 0.919. The quantitative estimate of drug-likeness (QED) is 0.131. The lowest BCUT2D eigenvalue weighted by Crippen LogP contribution is -2.36. The van der Waals surface area contributed by atoms with Crippen molar-refractivity contribution in [3.63, 3.8) is 0 Å². The van der Waals surface area contributed by atoms with Crippen molar-refractivity contribution in [1.82, 2.24) is 14.3 Å². The standard InChI is InChI=1S/C38H37N5O4S2/c1-27(44)43-20-18-28(19-21-43)8-5-6-9-29-10-7-13-32(22-29)35-24-31(30-11-3-2-4-12-30)14-16-37(35)47-36-17-15-34(23-33(36)25-39)49(45,46)42-38-40-26-41-48-38/h2-4,7,10-17,22-24,26,28H,5-6,8-9,18-21H2,1H3,(H,40,41,42). The summed E-state index contributed by atoms with van der Waals surface area (Å²) in [5.41, 5.74) is 5.25. The molecule has 1 amide bonds. The van der Waals surface area contributed by atoms with E-state index < -0.39 is 10.0 Å². The zero-order valence-electron chi connectivity index (χ0n) is 27.2. The number of nitrogens with zero attached hydrogens (tertiary/aromatic N) is 4. The van der Waals surface area contributed by atoms with Gasteiger partial charge < -0.3 is 9.64 Å². The molecule has 0 saturated carbocycles. The molecule has 11 heteroatoms. The van der Waals surface area contributed by atoms with E-state index in [-0.39, 0.29) is 27.2 Å². The average Bonchev–Trinajstić information content (AvgIpc) is 3.63. The summed E-state index contributed by atoms with van der Waals surface area (Å²) in [6.45, 7) is 3.39. The summed E-state index contributed by atoms with van der Waals surface area (Å²) in [5.74, 6) is 1.65. The Balaban J connectivity index is 1.22.